The van der Waals surface area contributed by atoms with Crippen LogP contribution in [-0.2, 0) is 6.42 Å². The van der Waals surface area contributed by atoms with E-state index in [4.69, 9.17) is 0 Å². The van der Waals surface area contributed by atoms with Crippen molar-refractivity contribution in [1.82, 2.24) is 9.97 Å². The minimum absolute atomic E-state index is 0.917. The molecule has 0 spiro atoms. The third-order valence-electron chi connectivity index (χ3n) is 2.63. The first-order valence-corrected chi connectivity index (χ1v) is 6.41. The number of hydrogen-bond acceptors (Lipinski definition) is 3. The molecule has 0 aliphatic carbocycles. The van der Waals surface area contributed by atoms with E-state index >= 15 is 0 Å². The number of nitrogens with zero attached hydrogens (tertiary/aromatic N) is 2. The van der Waals surface area contributed by atoms with E-state index in [1.807, 2.05) is 18.5 Å². The van der Waals surface area contributed by atoms with E-state index in [1.54, 1.807) is 0 Å². The van der Waals surface area contributed by atoms with E-state index < -0.39 is 0 Å². The molecule has 0 unspecified atom stereocenters. The van der Waals surface area contributed by atoms with Gasteiger partial charge in [0.25, 0.3) is 0 Å². The lowest BCUT2D eigenvalue weighted by Gasteiger charge is -2.04. The summed E-state index contributed by atoms with van der Waals surface area (Å²) in [5.41, 5.74) is 4.40. The van der Waals surface area contributed by atoms with Gasteiger partial charge in [-0.3, -0.25) is 9.97 Å². The Kier molecular flexibility index (Phi) is 4.15. The molecular formula is C14H16N2S. The van der Waals surface area contributed by atoms with E-state index in [0.717, 1.165) is 30.0 Å². The lowest BCUT2D eigenvalue weighted by Crippen LogP contribution is -1.92. The van der Waals surface area contributed by atoms with Gasteiger partial charge in [0.05, 0.1) is 11.4 Å². The second-order valence-corrected chi connectivity index (χ2v) is 4.54. The van der Waals surface area contributed by atoms with Crippen LogP contribution in [-0.4, -0.2) is 15.7 Å². The first kappa shape index (κ1) is 12.1. The molecule has 17 heavy (non-hydrogen) atoms. The third-order valence-corrected chi connectivity index (χ3v) is 2.94. The van der Waals surface area contributed by atoms with Crippen molar-refractivity contribution in [2.45, 2.75) is 19.8 Å². The van der Waals surface area contributed by atoms with E-state index in [9.17, 15) is 0 Å². The van der Waals surface area contributed by atoms with Gasteiger partial charge in [-0.05, 0) is 60.9 Å². The molecule has 2 rings (SSSR count). The second kappa shape index (κ2) is 5.82. The summed E-state index contributed by atoms with van der Waals surface area (Å²) in [4.78, 5) is 8.73. The van der Waals surface area contributed by atoms with E-state index in [1.165, 1.54) is 11.1 Å². The molecule has 88 valence electrons. The minimum Gasteiger partial charge on any atom is -0.255 e. The minimum atomic E-state index is 0.917. The van der Waals surface area contributed by atoms with Gasteiger partial charge >= 0.3 is 0 Å². The van der Waals surface area contributed by atoms with Crippen LogP contribution < -0.4 is 0 Å². The van der Waals surface area contributed by atoms with Crippen LogP contribution in [0, 0.1) is 6.92 Å². The van der Waals surface area contributed by atoms with Gasteiger partial charge in [0.2, 0.25) is 0 Å². The van der Waals surface area contributed by atoms with Crippen LogP contribution in [0.5, 0.6) is 0 Å². The van der Waals surface area contributed by atoms with Crippen LogP contribution in [0.2, 0.25) is 0 Å². The molecule has 0 saturated heterocycles. The Labute approximate surface area is 108 Å². The largest absolute Gasteiger partial charge is 0.255 e. The molecule has 0 radical (unpaired) electrons. The highest BCUT2D eigenvalue weighted by atomic mass is 32.1. The van der Waals surface area contributed by atoms with Crippen molar-refractivity contribution >= 4 is 12.6 Å². The zero-order chi connectivity index (χ0) is 12.1. The molecule has 0 aromatic carbocycles. The van der Waals surface area contributed by atoms with Crippen molar-refractivity contribution in [1.29, 1.82) is 0 Å². The van der Waals surface area contributed by atoms with Gasteiger partial charge in [-0.25, -0.2) is 0 Å². The molecule has 2 heterocycles. The van der Waals surface area contributed by atoms with Gasteiger partial charge < -0.3 is 0 Å². The zero-order valence-electron chi connectivity index (χ0n) is 9.93. The summed E-state index contributed by atoms with van der Waals surface area (Å²) in [5.74, 6) is 0.917. The Morgan fingerprint density at radius 3 is 2.47 bits per heavy atom. The molecule has 0 bridgehead atoms. The average molecular weight is 244 g/mol. The summed E-state index contributed by atoms with van der Waals surface area (Å²) < 4.78 is 0. The molecule has 0 fully saturated rings. The number of rotatable bonds is 4. The fraction of sp³-hybridized carbons (Fsp3) is 0.286. The summed E-state index contributed by atoms with van der Waals surface area (Å²) in [6, 6.07) is 8.23. The summed E-state index contributed by atoms with van der Waals surface area (Å²) in [7, 11) is 0. The van der Waals surface area contributed by atoms with Crippen LogP contribution in [0.25, 0.3) is 11.4 Å². The lowest BCUT2D eigenvalue weighted by atomic mass is 10.1. The lowest BCUT2D eigenvalue weighted by molar-refractivity contribution is 0.932. The van der Waals surface area contributed by atoms with E-state index in [0.29, 0.717) is 0 Å². The molecule has 0 aliphatic heterocycles. The van der Waals surface area contributed by atoms with Gasteiger partial charge in [-0.15, -0.1) is 0 Å². The zero-order valence-corrected chi connectivity index (χ0v) is 10.8. The van der Waals surface area contributed by atoms with Gasteiger partial charge in [-0.1, -0.05) is 0 Å². The van der Waals surface area contributed by atoms with Crippen LogP contribution in [0.3, 0.4) is 0 Å². The predicted octanol–water partition coefficient (Wildman–Crippen LogP) is 3.31. The van der Waals surface area contributed by atoms with Crippen molar-refractivity contribution in [3.8, 4) is 11.4 Å². The number of aryl methyl sites for hydroxylation is 2. The van der Waals surface area contributed by atoms with Crippen molar-refractivity contribution in [3.63, 3.8) is 0 Å². The first-order chi connectivity index (χ1) is 8.29. The normalized spacial score (nSPS) is 10.5. The smallest absolute Gasteiger partial charge is 0.0888 e. The molecule has 0 atom stereocenters. The Morgan fingerprint density at radius 2 is 1.76 bits per heavy atom. The topological polar surface area (TPSA) is 25.8 Å². The molecule has 2 nitrogen and oxygen atoms in total. The monoisotopic (exact) mass is 244 g/mol. The fourth-order valence-electron chi connectivity index (χ4n) is 1.73. The molecule has 0 aliphatic rings. The van der Waals surface area contributed by atoms with Gasteiger partial charge in [0.15, 0.2) is 0 Å². The Hall–Kier alpha value is -1.35. The maximum Gasteiger partial charge on any atom is 0.0888 e. The van der Waals surface area contributed by atoms with Gasteiger partial charge in [0, 0.05) is 12.4 Å². The quantitative estimate of drug-likeness (QED) is 0.835. The van der Waals surface area contributed by atoms with Crippen molar-refractivity contribution < 1.29 is 0 Å². The molecular weight excluding hydrogens is 228 g/mol. The predicted molar refractivity (Wildman–Crippen MR) is 74.4 cm³/mol. The second-order valence-electron chi connectivity index (χ2n) is 4.09. The number of aromatic nitrogens is 2. The Morgan fingerprint density at radius 1 is 1.06 bits per heavy atom. The molecule has 3 heteroatoms. The highest BCUT2D eigenvalue weighted by molar-refractivity contribution is 7.80. The number of thiol groups is 1. The maximum atomic E-state index is 4.38. The highest BCUT2D eigenvalue weighted by Crippen LogP contribution is 2.17. The molecule has 0 N–H and O–H groups in total. The van der Waals surface area contributed by atoms with Crippen LogP contribution in [0.4, 0.5) is 0 Å². The van der Waals surface area contributed by atoms with Crippen molar-refractivity contribution in [2.24, 2.45) is 0 Å². The van der Waals surface area contributed by atoms with Gasteiger partial charge in [0.1, 0.15) is 0 Å². The summed E-state index contributed by atoms with van der Waals surface area (Å²) in [6.45, 7) is 2.07. The van der Waals surface area contributed by atoms with Crippen molar-refractivity contribution in [3.05, 3.63) is 47.8 Å². The third kappa shape index (κ3) is 3.30. The molecule has 2 aromatic heterocycles. The summed E-state index contributed by atoms with van der Waals surface area (Å²) in [6.07, 6.45) is 5.82. The maximum absolute atomic E-state index is 4.38. The number of hydrogen-bond donors (Lipinski definition) is 1. The average Bonchev–Trinajstić information content (AvgIpc) is 2.37. The highest BCUT2D eigenvalue weighted by Gasteiger charge is 2.02. The fourth-order valence-corrected chi connectivity index (χ4v) is 1.89. The number of pyridine rings is 2. The van der Waals surface area contributed by atoms with E-state index in [-0.39, 0.29) is 0 Å². The van der Waals surface area contributed by atoms with Crippen molar-refractivity contribution in [2.75, 3.05) is 5.75 Å². The molecule has 2 aromatic rings. The summed E-state index contributed by atoms with van der Waals surface area (Å²) in [5, 5.41) is 0. The molecule has 0 amide bonds. The SMILES string of the molecule is Cc1ccnc(-c2cc(CCCS)ccn2)c1. The van der Waals surface area contributed by atoms with E-state index in [2.05, 4.69) is 47.7 Å². The van der Waals surface area contributed by atoms with Crippen LogP contribution in [0.15, 0.2) is 36.7 Å². The van der Waals surface area contributed by atoms with Gasteiger partial charge in [-0.2, -0.15) is 12.6 Å². The Balaban J connectivity index is 2.26. The van der Waals surface area contributed by atoms with Crippen LogP contribution >= 0.6 is 12.6 Å². The first-order valence-electron chi connectivity index (χ1n) is 5.78. The summed E-state index contributed by atoms with van der Waals surface area (Å²) >= 11 is 4.23. The van der Waals surface area contributed by atoms with Crippen LogP contribution in [0.1, 0.15) is 17.5 Å². The molecule has 0 saturated carbocycles. The Bertz CT molecular complexity index is 497. The standard InChI is InChI=1S/C14H16N2S/c1-11-4-6-15-13(9-11)14-10-12(3-2-8-17)5-7-16-14/h4-7,9-10,17H,2-3,8H2,1H3.